The summed E-state index contributed by atoms with van der Waals surface area (Å²) in [6.07, 6.45) is 3.67. The zero-order chi connectivity index (χ0) is 10.3. The lowest BCUT2D eigenvalue weighted by molar-refractivity contribution is 0.390. The molecule has 0 aliphatic rings. The summed E-state index contributed by atoms with van der Waals surface area (Å²) in [5, 5.41) is 3.37. The van der Waals surface area contributed by atoms with Gasteiger partial charge in [-0.15, -0.1) is 0 Å². The molecule has 0 fully saturated rings. The van der Waals surface area contributed by atoms with Gasteiger partial charge in [0.05, 0.1) is 0 Å². The fraction of sp³-hybridized carbons (Fsp3) is 1.00. The van der Waals surface area contributed by atoms with Crippen LogP contribution in [0.4, 0.5) is 0 Å². The second kappa shape index (κ2) is 7.34. The number of hydrogen-bond acceptors (Lipinski definition) is 2. The Balaban J connectivity index is 3.53. The van der Waals surface area contributed by atoms with E-state index in [2.05, 4.69) is 33.0 Å². The lowest BCUT2D eigenvalue weighted by atomic mass is 9.95. The maximum Gasteiger partial charge on any atom is 0.0168 e. The van der Waals surface area contributed by atoms with Gasteiger partial charge in [0.25, 0.3) is 0 Å². The molecule has 0 aromatic carbocycles. The van der Waals surface area contributed by atoms with E-state index in [0.717, 1.165) is 18.9 Å². The fourth-order valence-corrected chi connectivity index (χ4v) is 1.52. The molecular weight excluding hydrogens is 160 g/mol. The van der Waals surface area contributed by atoms with Crippen molar-refractivity contribution in [1.82, 2.24) is 5.32 Å². The molecule has 2 heteroatoms. The van der Waals surface area contributed by atoms with Crippen molar-refractivity contribution < 1.29 is 0 Å². The van der Waals surface area contributed by atoms with Crippen LogP contribution in [-0.2, 0) is 0 Å². The monoisotopic (exact) mass is 186 g/mol. The molecule has 0 aliphatic heterocycles. The molecule has 13 heavy (non-hydrogen) atoms. The molecule has 3 N–H and O–H groups in total. The SMILES string of the molecule is CCC(CC)CC(N)CNC(C)C. The highest BCUT2D eigenvalue weighted by molar-refractivity contribution is 4.70. The second-order valence-electron chi connectivity index (χ2n) is 4.24. The van der Waals surface area contributed by atoms with E-state index < -0.39 is 0 Å². The number of nitrogens with two attached hydrogens (primary N) is 1. The molecule has 0 spiro atoms. The highest BCUT2D eigenvalue weighted by atomic mass is 14.9. The third kappa shape index (κ3) is 7.03. The average Bonchev–Trinajstić information content (AvgIpc) is 2.10. The van der Waals surface area contributed by atoms with Gasteiger partial charge in [0.2, 0.25) is 0 Å². The molecule has 1 atom stereocenters. The van der Waals surface area contributed by atoms with Gasteiger partial charge in [-0.2, -0.15) is 0 Å². The number of rotatable bonds is 7. The van der Waals surface area contributed by atoms with E-state index in [4.69, 9.17) is 5.73 Å². The molecule has 80 valence electrons. The quantitative estimate of drug-likeness (QED) is 0.639. The van der Waals surface area contributed by atoms with Crippen LogP contribution in [0.15, 0.2) is 0 Å². The first-order valence-corrected chi connectivity index (χ1v) is 5.59. The van der Waals surface area contributed by atoms with Crippen molar-refractivity contribution in [2.75, 3.05) is 6.54 Å². The normalized spacial score (nSPS) is 14.1. The third-order valence-corrected chi connectivity index (χ3v) is 2.58. The summed E-state index contributed by atoms with van der Waals surface area (Å²) in [4.78, 5) is 0. The summed E-state index contributed by atoms with van der Waals surface area (Å²) >= 11 is 0. The van der Waals surface area contributed by atoms with Crippen LogP contribution in [0.5, 0.6) is 0 Å². The molecular formula is C11H26N2. The van der Waals surface area contributed by atoms with Crippen molar-refractivity contribution in [1.29, 1.82) is 0 Å². The standard InChI is InChI=1S/C11H26N2/c1-5-10(6-2)7-11(12)8-13-9(3)4/h9-11,13H,5-8,12H2,1-4H3. The highest BCUT2D eigenvalue weighted by Crippen LogP contribution is 2.13. The van der Waals surface area contributed by atoms with Crippen LogP contribution in [0.2, 0.25) is 0 Å². The van der Waals surface area contributed by atoms with Crippen LogP contribution in [0.3, 0.4) is 0 Å². The Morgan fingerprint density at radius 3 is 2.08 bits per heavy atom. The van der Waals surface area contributed by atoms with Gasteiger partial charge >= 0.3 is 0 Å². The topological polar surface area (TPSA) is 38.0 Å². The molecule has 0 radical (unpaired) electrons. The minimum Gasteiger partial charge on any atom is -0.327 e. The zero-order valence-electron chi connectivity index (χ0n) is 9.64. The minimum absolute atomic E-state index is 0.326. The van der Waals surface area contributed by atoms with Gasteiger partial charge in [0, 0.05) is 18.6 Å². The zero-order valence-corrected chi connectivity index (χ0v) is 9.64. The summed E-state index contributed by atoms with van der Waals surface area (Å²) in [6.45, 7) is 9.76. The summed E-state index contributed by atoms with van der Waals surface area (Å²) in [6, 6.07) is 0.875. The molecule has 2 nitrogen and oxygen atoms in total. The number of nitrogens with one attached hydrogen (secondary N) is 1. The Bertz CT molecular complexity index is 109. The van der Waals surface area contributed by atoms with Crippen molar-refractivity contribution in [2.45, 2.75) is 59.0 Å². The van der Waals surface area contributed by atoms with Crippen molar-refractivity contribution in [3.8, 4) is 0 Å². The van der Waals surface area contributed by atoms with E-state index in [0.29, 0.717) is 12.1 Å². The van der Waals surface area contributed by atoms with Gasteiger partial charge in [0.15, 0.2) is 0 Å². The minimum atomic E-state index is 0.326. The number of hydrogen-bond donors (Lipinski definition) is 2. The maximum atomic E-state index is 6.01. The maximum absolute atomic E-state index is 6.01. The Labute approximate surface area is 83.3 Å². The molecule has 0 aromatic heterocycles. The molecule has 0 aromatic rings. The summed E-state index contributed by atoms with van der Waals surface area (Å²) in [7, 11) is 0. The summed E-state index contributed by atoms with van der Waals surface area (Å²) in [5.74, 6) is 0.809. The molecule has 0 bridgehead atoms. The summed E-state index contributed by atoms with van der Waals surface area (Å²) < 4.78 is 0. The molecule has 0 saturated carbocycles. The Morgan fingerprint density at radius 2 is 1.69 bits per heavy atom. The molecule has 0 heterocycles. The lowest BCUT2D eigenvalue weighted by Gasteiger charge is -2.19. The average molecular weight is 186 g/mol. The molecule has 0 saturated heterocycles. The van der Waals surface area contributed by atoms with E-state index in [-0.39, 0.29) is 0 Å². The Kier molecular flexibility index (Phi) is 7.29. The van der Waals surface area contributed by atoms with Gasteiger partial charge in [0.1, 0.15) is 0 Å². The van der Waals surface area contributed by atoms with E-state index in [1.165, 1.54) is 12.8 Å². The summed E-state index contributed by atoms with van der Waals surface area (Å²) in [5.41, 5.74) is 6.01. The van der Waals surface area contributed by atoms with Crippen LogP contribution in [0.25, 0.3) is 0 Å². The van der Waals surface area contributed by atoms with Gasteiger partial charge in [-0.25, -0.2) is 0 Å². The lowest BCUT2D eigenvalue weighted by Crippen LogP contribution is -2.38. The van der Waals surface area contributed by atoms with Crippen LogP contribution in [-0.4, -0.2) is 18.6 Å². The van der Waals surface area contributed by atoms with Gasteiger partial charge in [-0.1, -0.05) is 40.5 Å². The first-order valence-electron chi connectivity index (χ1n) is 5.59. The smallest absolute Gasteiger partial charge is 0.0168 e. The van der Waals surface area contributed by atoms with Crippen molar-refractivity contribution in [3.63, 3.8) is 0 Å². The van der Waals surface area contributed by atoms with Gasteiger partial charge < -0.3 is 11.1 Å². The van der Waals surface area contributed by atoms with E-state index in [1.54, 1.807) is 0 Å². The van der Waals surface area contributed by atoms with Crippen LogP contribution >= 0.6 is 0 Å². The van der Waals surface area contributed by atoms with E-state index in [1.807, 2.05) is 0 Å². The van der Waals surface area contributed by atoms with Gasteiger partial charge in [-0.05, 0) is 12.3 Å². The van der Waals surface area contributed by atoms with Crippen LogP contribution in [0.1, 0.15) is 47.0 Å². The largest absolute Gasteiger partial charge is 0.327 e. The van der Waals surface area contributed by atoms with E-state index in [9.17, 15) is 0 Å². The molecule has 1 unspecified atom stereocenters. The third-order valence-electron chi connectivity index (χ3n) is 2.58. The van der Waals surface area contributed by atoms with Crippen molar-refractivity contribution in [2.24, 2.45) is 11.7 Å². The first kappa shape index (κ1) is 12.9. The molecule has 0 aliphatic carbocycles. The Hall–Kier alpha value is -0.0800. The second-order valence-corrected chi connectivity index (χ2v) is 4.24. The van der Waals surface area contributed by atoms with Crippen LogP contribution < -0.4 is 11.1 Å². The Morgan fingerprint density at radius 1 is 1.15 bits per heavy atom. The molecule has 0 amide bonds. The van der Waals surface area contributed by atoms with Crippen LogP contribution in [0, 0.1) is 5.92 Å². The predicted octanol–water partition coefficient (Wildman–Crippen LogP) is 2.14. The predicted molar refractivity (Wildman–Crippen MR) is 59.8 cm³/mol. The highest BCUT2D eigenvalue weighted by Gasteiger charge is 2.09. The van der Waals surface area contributed by atoms with E-state index >= 15 is 0 Å². The first-order chi connectivity index (χ1) is 6.10. The fourth-order valence-electron chi connectivity index (χ4n) is 1.52. The van der Waals surface area contributed by atoms with Gasteiger partial charge in [-0.3, -0.25) is 0 Å². The van der Waals surface area contributed by atoms with Crippen molar-refractivity contribution in [3.05, 3.63) is 0 Å². The van der Waals surface area contributed by atoms with Crippen molar-refractivity contribution >= 4 is 0 Å². The molecule has 0 rings (SSSR count).